The van der Waals surface area contributed by atoms with Crippen molar-refractivity contribution in [2.45, 2.75) is 17.1 Å². The number of benzene rings is 2. The Morgan fingerprint density at radius 2 is 1.85 bits per heavy atom. The van der Waals surface area contributed by atoms with Gasteiger partial charge in [0.1, 0.15) is 0 Å². The molecular formula is C15H12Br2O2S. The fourth-order valence-corrected chi connectivity index (χ4v) is 3.79. The van der Waals surface area contributed by atoms with Crippen molar-refractivity contribution in [1.29, 1.82) is 0 Å². The van der Waals surface area contributed by atoms with E-state index in [2.05, 4.69) is 37.9 Å². The minimum absolute atomic E-state index is 0.0584. The van der Waals surface area contributed by atoms with Crippen molar-refractivity contribution in [3.8, 4) is 0 Å². The molecule has 0 aliphatic rings. The molecule has 2 nitrogen and oxygen atoms in total. The number of halogens is 2. The van der Waals surface area contributed by atoms with E-state index in [1.807, 2.05) is 36.4 Å². The molecule has 0 aliphatic heterocycles. The van der Waals surface area contributed by atoms with E-state index in [1.54, 1.807) is 11.8 Å². The predicted molar refractivity (Wildman–Crippen MR) is 89.2 cm³/mol. The third-order valence-corrected chi connectivity index (χ3v) is 5.14. The normalized spacial score (nSPS) is 10.5. The second-order valence-electron chi connectivity index (χ2n) is 4.20. The lowest BCUT2D eigenvalue weighted by Crippen LogP contribution is -2.01. The molecule has 2 aromatic carbocycles. The van der Waals surface area contributed by atoms with E-state index in [1.165, 1.54) is 5.56 Å². The average molecular weight is 416 g/mol. The molecule has 0 aliphatic carbocycles. The first kappa shape index (κ1) is 15.6. The van der Waals surface area contributed by atoms with Crippen LogP contribution in [0, 0.1) is 0 Å². The molecule has 0 atom stereocenters. The van der Waals surface area contributed by atoms with Gasteiger partial charge in [-0.25, -0.2) is 0 Å². The van der Waals surface area contributed by atoms with Gasteiger partial charge >= 0.3 is 5.97 Å². The highest BCUT2D eigenvalue weighted by atomic mass is 79.9. The van der Waals surface area contributed by atoms with Crippen LogP contribution in [0.25, 0.3) is 0 Å². The molecule has 0 aromatic heterocycles. The van der Waals surface area contributed by atoms with Crippen molar-refractivity contribution >= 4 is 49.6 Å². The lowest BCUT2D eigenvalue weighted by atomic mass is 10.1. The van der Waals surface area contributed by atoms with Crippen LogP contribution in [0.2, 0.25) is 0 Å². The fraction of sp³-hybridized carbons (Fsp3) is 0.133. The van der Waals surface area contributed by atoms with E-state index in [0.717, 1.165) is 25.2 Å². The molecule has 0 unspecified atom stereocenters. The fourth-order valence-electron chi connectivity index (χ4n) is 1.76. The topological polar surface area (TPSA) is 37.3 Å². The Hall–Kier alpha value is -0.780. The van der Waals surface area contributed by atoms with E-state index in [0.29, 0.717) is 0 Å². The Bertz CT molecular complexity index is 629. The number of hydrogen-bond acceptors (Lipinski definition) is 2. The minimum Gasteiger partial charge on any atom is -0.481 e. The van der Waals surface area contributed by atoms with Crippen LogP contribution >= 0.6 is 43.6 Å². The average Bonchev–Trinajstić information content (AvgIpc) is 2.41. The molecule has 0 amide bonds. The Balaban J connectivity index is 2.14. The smallest absolute Gasteiger partial charge is 0.307 e. The third kappa shape index (κ3) is 4.36. The summed E-state index contributed by atoms with van der Waals surface area (Å²) in [6, 6.07) is 13.7. The van der Waals surface area contributed by atoms with Gasteiger partial charge in [0.25, 0.3) is 0 Å². The quantitative estimate of drug-likeness (QED) is 0.687. The van der Waals surface area contributed by atoms with Crippen molar-refractivity contribution in [3.63, 3.8) is 0 Å². The lowest BCUT2D eigenvalue weighted by Gasteiger charge is -2.09. The van der Waals surface area contributed by atoms with E-state index < -0.39 is 5.97 Å². The number of thioether (sulfide) groups is 1. The van der Waals surface area contributed by atoms with Crippen LogP contribution in [0.1, 0.15) is 11.1 Å². The molecule has 0 fully saturated rings. The van der Waals surface area contributed by atoms with Gasteiger partial charge in [0.15, 0.2) is 0 Å². The van der Waals surface area contributed by atoms with Crippen molar-refractivity contribution in [1.82, 2.24) is 0 Å². The van der Waals surface area contributed by atoms with Gasteiger partial charge < -0.3 is 5.11 Å². The zero-order valence-electron chi connectivity index (χ0n) is 10.5. The molecule has 0 bridgehead atoms. The Kier molecular flexibility index (Phi) is 5.69. The Morgan fingerprint density at radius 1 is 1.10 bits per heavy atom. The van der Waals surface area contributed by atoms with Gasteiger partial charge in [0, 0.05) is 19.6 Å². The number of carbonyl (C=O) groups is 1. The van der Waals surface area contributed by atoms with Gasteiger partial charge in [-0.05, 0) is 35.4 Å². The molecule has 20 heavy (non-hydrogen) atoms. The standard InChI is InChI=1S/C15H12Br2O2S/c16-12-5-6-13(17)11(7-12)9-20-14-4-2-1-3-10(14)8-15(18)19/h1-7H,8-9H2,(H,18,19). The van der Waals surface area contributed by atoms with Crippen molar-refractivity contribution in [2.24, 2.45) is 0 Å². The molecule has 2 rings (SSSR count). The van der Waals surface area contributed by atoms with Gasteiger partial charge in [-0.1, -0.05) is 50.1 Å². The van der Waals surface area contributed by atoms with Gasteiger partial charge in [0.05, 0.1) is 6.42 Å². The third-order valence-electron chi connectivity index (χ3n) is 2.71. The lowest BCUT2D eigenvalue weighted by molar-refractivity contribution is -0.136. The van der Waals surface area contributed by atoms with E-state index in [9.17, 15) is 4.79 Å². The maximum Gasteiger partial charge on any atom is 0.307 e. The summed E-state index contributed by atoms with van der Waals surface area (Å²) in [6.45, 7) is 0. The van der Waals surface area contributed by atoms with Crippen molar-refractivity contribution in [3.05, 3.63) is 62.5 Å². The van der Waals surface area contributed by atoms with E-state index >= 15 is 0 Å². The zero-order valence-corrected chi connectivity index (χ0v) is 14.5. The summed E-state index contributed by atoms with van der Waals surface area (Å²) in [6.07, 6.45) is 0.0584. The van der Waals surface area contributed by atoms with Gasteiger partial charge in [-0.3, -0.25) is 4.79 Å². The first-order chi connectivity index (χ1) is 9.56. The van der Waals surface area contributed by atoms with Crippen LogP contribution in [-0.4, -0.2) is 11.1 Å². The summed E-state index contributed by atoms with van der Waals surface area (Å²) in [5.74, 6) is -0.0156. The predicted octanol–water partition coefficient (Wildman–Crippen LogP) is 5.13. The van der Waals surface area contributed by atoms with E-state index in [4.69, 9.17) is 5.11 Å². The second kappa shape index (κ2) is 7.29. The van der Waals surface area contributed by atoms with Crippen LogP contribution in [0.15, 0.2) is 56.3 Å². The molecule has 0 saturated carbocycles. The summed E-state index contributed by atoms with van der Waals surface area (Å²) in [5, 5.41) is 8.93. The minimum atomic E-state index is -0.804. The Labute approximate surface area is 138 Å². The summed E-state index contributed by atoms with van der Waals surface area (Å²) in [4.78, 5) is 11.9. The monoisotopic (exact) mass is 414 g/mol. The van der Waals surface area contributed by atoms with Crippen molar-refractivity contribution in [2.75, 3.05) is 0 Å². The number of carboxylic acids is 1. The number of carboxylic acid groups (broad SMARTS) is 1. The maximum atomic E-state index is 10.9. The molecule has 0 saturated heterocycles. The summed E-state index contributed by atoms with van der Waals surface area (Å²) < 4.78 is 2.10. The maximum absolute atomic E-state index is 10.9. The summed E-state index contributed by atoms with van der Waals surface area (Å²) >= 11 is 8.65. The highest BCUT2D eigenvalue weighted by Crippen LogP contribution is 2.31. The van der Waals surface area contributed by atoms with Crippen molar-refractivity contribution < 1.29 is 9.90 Å². The largest absolute Gasteiger partial charge is 0.481 e. The number of aliphatic carboxylic acids is 1. The van der Waals surface area contributed by atoms with Gasteiger partial charge in [-0.15, -0.1) is 11.8 Å². The SMILES string of the molecule is O=C(O)Cc1ccccc1SCc1cc(Br)ccc1Br. The molecule has 0 heterocycles. The van der Waals surface area contributed by atoms with Gasteiger partial charge in [0.2, 0.25) is 0 Å². The van der Waals surface area contributed by atoms with Crippen LogP contribution in [0.3, 0.4) is 0 Å². The first-order valence-corrected chi connectivity index (χ1v) is 8.50. The van der Waals surface area contributed by atoms with Gasteiger partial charge in [-0.2, -0.15) is 0 Å². The van der Waals surface area contributed by atoms with Crippen LogP contribution in [0.4, 0.5) is 0 Å². The number of hydrogen-bond donors (Lipinski definition) is 1. The molecule has 0 spiro atoms. The van der Waals surface area contributed by atoms with E-state index in [-0.39, 0.29) is 6.42 Å². The van der Waals surface area contributed by atoms with Crippen LogP contribution in [-0.2, 0) is 17.0 Å². The molecule has 5 heteroatoms. The molecule has 104 valence electrons. The molecule has 1 N–H and O–H groups in total. The summed E-state index contributed by atoms with van der Waals surface area (Å²) in [5.41, 5.74) is 2.03. The van der Waals surface area contributed by atoms with Crippen LogP contribution < -0.4 is 0 Å². The highest BCUT2D eigenvalue weighted by Gasteiger charge is 2.08. The zero-order chi connectivity index (χ0) is 14.5. The Morgan fingerprint density at radius 3 is 2.60 bits per heavy atom. The highest BCUT2D eigenvalue weighted by molar-refractivity contribution is 9.11. The molecule has 2 aromatic rings. The molecular weight excluding hydrogens is 404 g/mol. The number of rotatable bonds is 5. The van der Waals surface area contributed by atoms with Crippen LogP contribution in [0.5, 0.6) is 0 Å². The summed E-state index contributed by atoms with van der Waals surface area (Å²) in [7, 11) is 0. The molecule has 0 radical (unpaired) electrons. The second-order valence-corrected chi connectivity index (χ2v) is 6.99. The first-order valence-electron chi connectivity index (χ1n) is 5.92.